The van der Waals surface area contributed by atoms with Gasteiger partial charge in [-0.2, -0.15) is 0 Å². The lowest BCUT2D eigenvalue weighted by Gasteiger charge is -2.12. The third-order valence-corrected chi connectivity index (χ3v) is 4.10. The molecule has 0 aromatic heterocycles. The summed E-state index contributed by atoms with van der Waals surface area (Å²) in [6, 6.07) is 11.3. The molecule has 6 heteroatoms. The monoisotopic (exact) mass is 385 g/mol. The number of nitrogens with one attached hydrogen (secondary N) is 1. The van der Waals surface area contributed by atoms with E-state index in [4.69, 9.17) is 16.3 Å². The number of alkyl halides is 1. The van der Waals surface area contributed by atoms with E-state index in [-0.39, 0.29) is 18.1 Å². The van der Waals surface area contributed by atoms with E-state index >= 15 is 0 Å². The Morgan fingerprint density at radius 1 is 1.36 bits per heavy atom. The third-order valence-electron chi connectivity index (χ3n) is 3.06. The van der Waals surface area contributed by atoms with Crippen LogP contribution in [0.3, 0.4) is 0 Å². The van der Waals surface area contributed by atoms with Crippen LogP contribution in [0.5, 0.6) is 5.75 Å². The summed E-state index contributed by atoms with van der Waals surface area (Å²) in [6.45, 7) is 0. The fraction of sp³-hybridized carbons (Fsp3) is 0.188. The molecule has 0 aliphatic rings. The van der Waals surface area contributed by atoms with Crippen molar-refractivity contribution in [2.45, 2.75) is 11.2 Å². The molecule has 0 aliphatic carbocycles. The highest BCUT2D eigenvalue weighted by Crippen LogP contribution is 2.27. The molecule has 3 nitrogen and oxygen atoms in total. The number of amides is 1. The first-order valence-corrected chi connectivity index (χ1v) is 7.82. The van der Waals surface area contributed by atoms with Gasteiger partial charge in [-0.3, -0.25) is 4.79 Å². The van der Waals surface area contributed by atoms with Gasteiger partial charge in [-0.15, -0.1) is 0 Å². The van der Waals surface area contributed by atoms with Gasteiger partial charge in [0.15, 0.2) is 0 Å². The van der Waals surface area contributed by atoms with Crippen LogP contribution in [0.15, 0.2) is 42.5 Å². The smallest absolute Gasteiger partial charge is 0.238 e. The van der Waals surface area contributed by atoms with Gasteiger partial charge in [-0.1, -0.05) is 45.7 Å². The molecular weight excluding hydrogens is 373 g/mol. The molecule has 1 unspecified atom stereocenters. The predicted octanol–water partition coefficient (Wildman–Crippen LogP) is 4.43. The van der Waals surface area contributed by atoms with Crippen molar-refractivity contribution in [3.05, 3.63) is 58.9 Å². The maximum atomic E-state index is 13.6. The first-order chi connectivity index (χ1) is 10.5. The Bertz CT molecular complexity index is 681. The average molecular weight is 387 g/mol. The Hall–Kier alpha value is -1.59. The topological polar surface area (TPSA) is 38.3 Å². The zero-order valence-electron chi connectivity index (χ0n) is 11.8. The highest BCUT2D eigenvalue weighted by molar-refractivity contribution is 9.10. The standard InChI is InChI=1S/C16H14BrClFNO2/c1-22-15-7-6-11(9-13(15)18)20-16(21)12(17)8-10-4-2-3-5-14(10)19/h2-7,9,12H,8H2,1H3,(H,20,21). The molecule has 1 amide bonds. The first-order valence-electron chi connectivity index (χ1n) is 6.53. The second-order valence-corrected chi connectivity index (χ2v) is 6.11. The fourth-order valence-electron chi connectivity index (χ4n) is 1.91. The second-order valence-electron chi connectivity index (χ2n) is 4.60. The quantitative estimate of drug-likeness (QED) is 0.772. The van der Waals surface area contributed by atoms with Gasteiger partial charge in [-0.05, 0) is 36.2 Å². The van der Waals surface area contributed by atoms with Gasteiger partial charge in [0.05, 0.1) is 17.0 Å². The third kappa shape index (κ3) is 4.21. The Balaban J connectivity index is 2.02. The molecule has 2 aromatic rings. The minimum Gasteiger partial charge on any atom is -0.495 e. The average Bonchev–Trinajstić information content (AvgIpc) is 2.49. The van der Waals surface area contributed by atoms with Crippen LogP contribution in [0.2, 0.25) is 5.02 Å². The van der Waals surface area contributed by atoms with Crippen LogP contribution in [0, 0.1) is 5.82 Å². The van der Waals surface area contributed by atoms with Crippen LogP contribution >= 0.6 is 27.5 Å². The van der Waals surface area contributed by atoms with Crippen molar-refractivity contribution in [3.8, 4) is 5.75 Å². The lowest BCUT2D eigenvalue weighted by atomic mass is 10.1. The number of carbonyl (C=O) groups is 1. The summed E-state index contributed by atoms with van der Waals surface area (Å²) in [5, 5.41) is 3.13. The van der Waals surface area contributed by atoms with Gasteiger partial charge in [0, 0.05) is 5.69 Å². The second kappa shape index (κ2) is 7.61. The van der Waals surface area contributed by atoms with Crippen molar-refractivity contribution in [2.75, 3.05) is 12.4 Å². The normalized spacial score (nSPS) is 11.8. The lowest BCUT2D eigenvalue weighted by molar-refractivity contribution is -0.115. The number of anilines is 1. The summed E-state index contributed by atoms with van der Waals surface area (Å²) in [6.07, 6.45) is 0.252. The van der Waals surface area contributed by atoms with Crippen LogP contribution in [0.25, 0.3) is 0 Å². The van der Waals surface area contributed by atoms with Crippen molar-refractivity contribution in [2.24, 2.45) is 0 Å². The van der Waals surface area contributed by atoms with E-state index < -0.39 is 4.83 Å². The molecule has 0 heterocycles. The molecule has 0 spiro atoms. The van der Waals surface area contributed by atoms with E-state index in [1.807, 2.05) is 0 Å². The molecule has 0 bridgehead atoms. The van der Waals surface area contributed by atoms with Gasteiger partial charge in [0.2, 0.25) is 5.91 Å². The maximum absolute atomic E-state index is 13.6. The number of methoxy groups -OCH3 is 1. The molecular formula is C16H14BrClFNO2. The Morgan fingerprint density at radius 3 is 2.73 bits per heavy atom. The van der Waals surface area contributed by atoms with Crippen LogP contribution in [0.1, 0.15) is 5.56 Å². The SMILES string of the molecule is COc1ccc(NC(=O)C(Br)Cc2ccccc2F)cc1Cl. The zero-order valence-corrected chi connectivity index (χ0v) is 14.1. The van der Waals surface area contributed by atoms with E-state index in [0.717, 1.165) is 0 Å². The highest BCUT2D eigenvalue weighted by Gasteiger charge is 2.17. The van der Waals surface area contributed by atoms with Gasteiger partial charge in [0.25, 0.3) is 0 Å². The molecule has 0 saturated heterocycles. The first kappa shape index (κ1) is 16.8. The number of carbonyl (C=O) groups excluding carboxylic acids is 1. The Morgan fingerprint density at radius 2 is 2.09 bits per heavy atom. The van der Waals surface area contributed by atoms with Crippen molar-refractivity contribution in [1.29, 1.82) is 0 Å². The molecule has 1 atom stereocenters. The molecule has 116 valence electrons. The largest absolute Gasteiger partial charge is 0.495 e. The molecule has 0 saturated carbocycles. The van der Waals surface area contributed by atoms with Crippen LogP contribution in [-0.2, 0) is 11.2 Å². The van der Waals surface area contributed by atoms with E-state index in [0.29, 0.717) is 22.0 Å². The lowest BCUT2D eigenvalue weighted by Crippen LogP contribution is -2.25. The van der Waals surface area contributed by atoms with E-state index in [9.17, 15) is 9.18 Å². The molecule has 0 fully saturated rings. The van der Waals surface area contributed by atoms with Gasteiger partial charge >= 0.3 is 0 Å². The van der Waals surface area contributed by atoms with E-state index in [1.165, 1.54) is 13.2 Å². The summed E-state index contributed by atoms with van der Waals surface area (Å²) >= 11 is 9.29. The van der Waals surface area contributed by atoms with Crippen LogP contribution in [-0.4, -0.2) is 17.8 Å². The number of benzene rings is 2. The molecule has 0 radical (unpaired) electrons. The fourth-order valence-corrected chi connectivity index (χ4v) is 2.64. The number of hydrogen-bond donors (Lipinski definition) is 1. The highest BCUT2D eigenvalue weighted by atomic mass is 79.9. The minimum absolute atomic E-state index is 0.252. The maximum Gasteiger partial charge on any atom is 0.238 e. The number of hydrogen-bond acceptors (Lipinski definition) is 2. The van der Waals surface area contributed by atoms with Crippen LogP contribution in [0.4, 0.5) is 10.1 Å². The van der Waals surface area contributed by atoms with Crippen molar-refractivity contribution < 1.29 is 13.9 Å². The molecule has 1 N–H and O–H groups in total. The number of halogens is 3. The summed E-state index contributed by atoms with van der Waals surface area (Å²) in [7, 11) is 1.52. The Labute approximate surface area is 141 Å². The zero-order chi connectivity index (χ0) is 16.1. The molecule has 0 aliphatic heterocycles. The van der Waals surface area contributed by atoms with Gasteiger partial charge < -0.3 is 10.1 Å². The summed E-state index contributed by atoms with van der Waals surface area (Å²) in [5.41, 5.74) is 1.03. The van der Waals surface area contributed by atoms with Crippen molar-refractivity contribution in [1.82, 2.24) is 0 Å². The van der Waals surface area contributed by atoms with Crippen molar-refractivity contribution in [3.63, 3.8) is 0 Å². The molecule has 2 rings (SSSR count). The molecule has 2 aromatic carbocycles. The van der Waals surface area contributed by atoms with E-state index in [2.05, 4.69) is 21.2 Å². The van der Waals surface area contributed by atoms with Crippen molar-refractivity contribution >= 4 is 39.1 Å². The van der Waals surface area contributed by atoms with Gasteiger partial charge in [0.1, 0.15) is 11.6 Å². The summed E-state index contributed by atoms with van der Waals surface area (Å²) in [5.74, 6) is -0.0712. The van der Waals surface area contributed by atoms with Crippen LogP contribution < -0.4 is 10.1 Å². The molecule has 22 heavy (non-hydrogen) atoms. The Kier molecular flexibility index (Phi) is 5.80. The summed E-state index contributed by atoms with van der Waals surface area (Å²) in [4.78, 5) is 11.6. The summed E-state index contributed by atoms with van der Waals surface area (Å²) < 4.78 is 18.6. The number of rotatable bonds is 5. The van der Waals surface area contributed by atoms with Gasteiger partial charge in [-0.25, -0.2) is 4.39 Å². The van der Waals surface area contributed by atoms with E-state index in [1.54, 1.807) is 36.4 Å². The predicted molar refractivity (Wildman–Crippen MR) is 89.5 cm³/mol. The number of ether oxygens (including phenoxy) is 1. The minimum atomic E-state index is -0.551.